The van der Waals surface area contributed by atoms with Gasteiger partial charge in [-0.25, -0.2) is 0 Å². The summed E-state index contributed by atoms with van der Waals surface area (Å²) < 4.78 is 29.3. The Hall–Kier alpha value is -2.51. The Morgan fingerprint density at radius 2 is 1.85 bits per heavy atom. The van der Waals surface area contributed by atoms with Crippen LogP contribution in [0.5, 0.6) is 5.75 Å². The van der Waals surface area contributed by atoms with Gasteiger partial charge in [-0.2, -0.15) is 8.78 Å². The fourth-order valence-corrected chi connectivity index (χ4v) is 3.26. The third-order valence-corrected chi connectivity index (χ3v) is 4.41. The number of ether oxygens (including phenoxy) is 1. The van der Waals surface area contributed by atoms with E-state index in [1.807, 2.05) is 35.2 Å². The average Bonchev–Trinajstić information content (AvgIpc) is 2.97. The second kappa shape index (κ2) is 8.25. The van der Waals surface area contributed by atoms with Crippen LogP contribution in [0, 0.1) is 0 Å². The number of hydrogen-bond acceptors (Lipinski definition) is 4. The molecule has 2 aromatic rings. The molecule has 1 heterocycles. The fraction of sp³-hybridized carbons (Fsp3) is 0.316. The zero-order valence-electron chi connectivity index (χ0n) is 14.1. The van der Waals surface area contributed by atoms with Gasteiger partial charge in [-0.15, -0.1) is 0 Å². The lowest BCUT2D eigenvalue weighted by Crippen LogP contribution is -2.33. The second-order valence-corrected chi connectivity index (χ2v) is 6.30. The third kappa shape index (κ3) is 4.56. The van der Waals surface area contributed by atoms with Crippen LogP contribution in [0.3, 0.4) is 0 Å². The van der Waals surface area contributed by atoms with Crippen LogP contribution in [0.4, 0.5) is 14.5 Å². The molecule has 0 saturated carbocycles. The van der Waals surface area contributed by atoms with Crippen molar-refractivity contribution in [2.45, 2.75) is 18.6 Å². The molecule has 1 aliphatic rings. The molecule has 0 radical (unpaired) electrons. The van der Waals surface area contributed by atoms with Crippen LogP contribution in [0.1, 0.15) is 11.5 Å². The van der Waals surface area contributed by atoms with E-state index >= 15 is 0 Å². The van der Waals surface area contributed by atoms with E-state index in [9.17, 15) is 13.6 Å². The number of carbonyl (C=O) groups is 1. The lowest BCUT2D eigenvalue weighted by atomic mass is 9.95. The van der Waals surface area contributed by atoms with Crippen molar-refractivity contribution in [1.82, 2.24) is 4.90 Å². The summed E-state index contributed by atoms with van der Waals surface area (Å²) in [5.41, 5.74) is 7.61. The van der Waals surface area contributed by atoms with Crippen molar-refractivity contribution < 1.29 is 18.3 Å². The molecule has 138 valence electrons. The first kappa shape index (κ1) is 18.3. The molecule has 0 bridgehead atoms. The zero-order valence-corrected chi connectivity index (χ0v) is 14.1. The van der Waals surface area contributed by atoms with E-state index in [-0.39, 0.29) is 35.8 Å². The van der Waals surface area contributed by atoms with Gasteiger partial charge >= 0.3 is 6.61 Å². The molecule has 2 aromatic carbocycles. The van der Waals surface area contributed by atoms with Gasteiger partial charge in [0.2, 0.25) is 5.91 Å². The molecule has 1 fully saturated rings. The zero-order chi connectivity index (χ0) is 18.5. The molecular formula is C19H21F2N3O2. The van der Waals surface area contributed by atoms with Crippen LogP contribution in [0.15, 0.2) is 54.6 Å². The largest absolute Gasteiger partial charge is 0.433 e. The van der Waals surface area contributed by atoms with E-state index in [1.165, 1.54) is 12.1 Å². The average molecular weight is 361 g/mol. The van der Waals surface area contributed by atoms with Crippen molar-refractivity contribution in [3.63, 3.8) is 0 Å². The minimum Gasteiger partial charge on any atom is -0.433 e. The molecule has 5 nitrogen and oxygen atoms in total. The van der Waals surface area contributed by atoms with E-state index in [2.05, 4.69) is 10.1 Å². The number of nitrogens with zero attached hydrogens (tertiary/aromatic N) is 1. The predicted molar refractivity (Wildman–Crippen MR) is 95.3 cm³/mol. The van der Waals surface area contributed by atoms with Crippen molar-refractivity contribution in [2.24, 2.45) is 5.73 Å². The number of likely N-dealkylation sites (tertiary alicyclic amines) is 1. The molecule has 1 saturated heterocycles. The Bertz CT molecular complexity index is 743. The molecule has 3 rings (SSSR count). The smallest absolute Gasteiger partial charge is 0.387 e. The van der Waals surface area contributed by atoms with Gasteiger partial charge in [0, 0.05) is 25.0 Å². The predicted octanol–water partition coefficient (Wildman–Crippen LogP) is 2.65. The summed E-state index contributed by atoms with van der Waals surface area (Å²) in [5.74, 6) is -0.189. The summed E-state index contributed by atoms with van der Waals surface area (Å²) in [6.45, 7) is -1.54. The molecule has 0 unspecified atom stereocenters. The molecular weight excluding hydrogens is 340 g/mol. The molecule has 3 N–H and O–H groups in total. The molecule has 7 heteroatoms. The maximum absolute atomic E-state index is 12.5. The summed E-state index contributed by atoms with van der Waals surface area (Å²) in [5, 5.41) is 2.63. The number of hydrogen-bond donors (Lipinski definition) is 2. The maximum Gasteiger partial charge on any atom is 0.387 e. The Morgan fingerprint density at radius 3 is 2.58 bits per heavy atom. The van der Waals surface area contributed by atoms with Gasteiger partial charge in [-0.05, 0) is 17.7 Å². The van der Waals surface area contributed by atoms with Crippen LogP contribution in [-0.2, 0) is 4.79 Å². The first-order chi connectivity index (χ1) is 12.5. The van der Waals surface area contributed by atoms with E-state index < -0.39 is 6.61 Å². The van der Waals surface area contributed by atoms with E-state index in [0.717, 1.165) is 5.56 Å². The first-order valence-electron chi connectivity index (χ1n) is 8.39. The quantitative estimate of drug-likeness (QED) is 0.830. The Morgan fingerprint density at radius 1 is 1.15 bits per heavy atom. The fourth-order valence-electron chi connectivity index (χ4n) is 3.26. The van der Waals surface area contributed by atoms with Crippen LogP contribution in [0.2, 0.25) is 0 Å². The highest BCUT2D eigenvalue weighted by molar-refractivity contribution is 5.93. The first-order valence-corrected chi connectivity index (χ1v) is 8.39. The summed E-state index contributed by atoms with van der Waals surface area (Å²) in [6.07, 6.45) is 0. The van der Waals surface area contributed by atoms with Crippen LogP contribution in [-0.4, -0.2) is 43.1 Å². The van der Waals surface area contributed by atoms with Crippen molar-refractivity contribution in [3.8, 4) is 5.75 Å². The number of para-hydroxylation sites is 2. The molecule has 1 aliphatic heterocycles. The summed E-state index contributed by atoms with van der Waals surface area (Å²) in [4.78, 5) is 14.3. The SMILES string of the molecule is N[C@@H]1CN(CC(=O)Nc2ccccc2OC(F)F)C[C@H]1c1ccccc1. The second-order valence-electron chi connectivity index (χ2n) is 6.30. The van der Waals surface area contributed by atoms with Gasteiger partial charge in [-0.3, -0.25) is 9.69 Å². The third-order valence-electron chi connectivity index (χ3n) is 4.41. The topological polar surface area (TPSA) is 67.6 Å². The number of anilines is 1. The number of halogens is 2. The van der Waals surface area contributed by atoms with Crippen molar-refractivity contribution >= 4 is 11.6 Å². The Labute approximate surface area is 150 Å². The van der Waals surface area contributed by atoms with Crippen molar-refractivity contribution in [1.29, 1.82) is 0 Å². The monoisotopic (exact) mass is 361 g/mol. The van der Waals surface area contributed by atoms with Gasteiger partial charge in [0.15, 0.2) is 0 Å². The van der Waals surface area contributed by atoms with Crippen molar-refractivity contribution in [3.05, 3.63) is 60.2 Å². The number of benzene rings is 2. The highest BCUT2D eigenvalue weighted by atomic mass is 19.3. The van der Waals surface area contributed by atoms with Crippen LogP contribution < -0.4 is 15.8 Å². The van der Waals surface area contributed by atoms with Gasteiger partial charge in [0.1, 0.15) is 5.75 Å². The van der Waals surface area contributed by atoms with Gasteiger partial charge in [0.05, 0.1) is 12.2 Å². The summed E-state index contributed by atoms with van der Waals surface area (Å²) in [6, 6.07) is 16.0. The highest BCUT2D eigenvalue weighted by Gasteiger charge is 2.32. The maximum atomic E-state index is 12.5. The number of alkyl halides is 2. The molecule has 26 heavy (non-hydrogen) atoms. The summed E-state index contributed by atoms with van der Waals surface area (Å²) in [7, 11) is 0. The molecule has 0 aromatic heterocycles. The number of carbonyl (C=O) groups excluding carboxylic acids is 1. The molecule has 0 aliphatic carbocycles. The Balaban J connectivity index is 1.59. The summed E-state index contributed by atoms with van der Waals surface area (Å²) >= 11 is 0. The van der Waals surface area contributed by atoms with E-state index in [1.54, 1.807) is 12.1 Å². The minimum atomic E-state index is -2.95. The molecule has 2 atom stereocenters. The number of amides is 1. The lowest BCUT2D eigenvalue weighted by Gasteiger charge is -2.17. The highest BCUT2D eigenvalue weighted by Crippen LogP contribution is 2.27. The van der Waals surface area contributed by atoms with Crippen molar-refractivity contribution in [2.75, 3.05) is 25.0 Å². The minimum absolute atomic E-state index is 0.0559. The van der Waals surface area contributed by atoms with Gasteiger partial charge in [-0.1, -0.05) is 42.5 Å². The molecule has 0 spiro atoms. The number of rotatable bonds is 6. The normalized spacial score (nSPS) is 20.3. The number of nitrogens with two attached hydrogens (primary N) is 1. The standard InChI is InChI=1S/C19H21F2N3O2/c20-19(21)26-17-9-5-4-8-16(17)23-18(25)12-24-10-14(15(22)11-24)13-6-2-1-3-7-13/h1-9,14-15,19H,10-12,22H2,(H,23,25)/t14-,15+/m0/s1. The van der Waals surface area contributed by atoms with Crippen LogP contribution in [0.25, 0.3) is 0 Å². The molecule has 1 amide bonds. The Kier molecular flexibility index (Phi) is 5.80. The van der Waals surface area contributed by atoms with Gasteiger partial charge < -0.3 is 15.8 Å². The lowest BCUT2D eigenvalue weighted by molar-refractivity contribution is -0.117. The van der Waals surface area contributed by atoms with Crippen LogP contribution >= 0.6 is 0 Å². The van der Waals surface area contributed by atoms with E-state index in [4.69, 9.17) is 5.73 Å². The van der Waals surface area contributed by atoms with E-state index in [0.29, 0.717) is 13.1 Å². The number of nitrogens with one attached hydrogen (secondary N) is 1. The van der Waals surface area contributed by atoms with Gasteiger partial charge in [0.25, 0.3) is 0 Å².